The van der Waals surface area contributed by atoms with Crippen molar-refractivity contribution in [2.75, 3.05) is 24.7 Å². The van der Waals surface area contributed by atoms with Crippen LogP contribution in [0.2, 0.25) is 0 Å². The standard InChI is InChI=1S/C34H34O6S/c1-25(35)39-33-19-11-9-17-31(33)27(21-37-29-13-5-3-6-14-29)23-41-24-28(22-38-30-15-7-4-8-16-30)32-18-10-12-20-34(32)40-26(2)36/h3-20,27-28H,21-24H2,1-2H3. The first-order chi connectivity index (χ1) is 20.0. The van der Waals surface area contributed by atoms with E-state index in [2.05, 4.69) is 0 Å². The van der Waals surface area contributed by atoms with E-state index in [9.17, 15) is 9.59 Å². The van der Waals surface area contributed by atoms with E-state index in [0.717, 1.165) is 22.6 Å². The highest BCUT2D eigenvalue weighted by molar-refractivity contribution is 7.99. The number of ether oxygens (including phenoxy) is 4. The second-order valence-corrected chi connectivity index (χ2v) is 10.5. The van der Waals surface area contributed by atoms with Gasteiger partial charge in [0.25, 0.3) is 0 Å². The molecule has 0 aliphatic rings. The minimum Gasteiger partial charge on any atom is -0.493 e. The Bertz CT molecular complexity index is 1290. The maximum Gasteiger partial charge on any atom is 0.308 e. The van der Waals surface area contributed by atoms with Crippen LogP contribution < -0.4 is 18.9 Å². The molecule has 0 aromatic heterocycles. The lowest BCUT2D eigenvalue weighted by Crippen LogP contribution is -2.18. The molecule has 0 bridgehead atoms. The zero-order chi connectivity index (χ0) is 28.9. The molecule has 0 aliphatic heterocycles. The highest BCUT2D eigenvalue weighted by Gasteiger charge is 2.22. The molecular weight excluding hydrogens is 536 g/mol. The van der Waals surface area contributed by atoms with Gasteiger partial charge in [-0.3, -0.25) is 9.59 Å². The lowest BCUT2D eigenvalue weighted by Gasteiger charge is -2.23. The third kappa shape index (κ3) is 9.43. The van der Waals surface area contributed by atoms with Gasteiger partial charge in [-0.15, -0.1) is 0 Å². The molecule has 0 N–H and O–H groups in total. The number of carbonyl (C=O) groups is 2. The van der Waals surface area contributed by atoms with Gasteiger partial charge >= 0.3 is 11.9 Å². The maximum absolute atomic E-state index is 11.8. The van der Waals surface area contributed by atoms with Crippen molar-refractivity contribution in [1.82, 2.24) is 0 Å². The average molecular weight is 571 g/mol. The van der Waals surface area contributed by atoms with Crippen LogP contribution in [0.1, 0.15) is 36.8 Å². The monoisotopic (exact) mass is 570 g/mol. The summed E-state index contributed by atoms with van der Waals surface area (Å²) in [6.07, 6.45) is 0. The van der Waals surface area contributed by atoms with Crippen LogP contribution in [0, 0.1) is 0 Å². The predicted octanol–water partition coefficient (Wildman–Crippen LogP) is 7.30. The van der Waals surface area contributed by atoms with Gasteiger partial charge in [0.15, 0.2) is 0 Å². The van der Waals surface area contributed by atoms with Gasteiger partial charge in [-0.2, -0.15) is 11.8 Å². The van der Waals surface area contributed by atoms with Gasteiger partial charge in [0.2, 0.25) is 0 Å². The summed E-state index contributed by atoms with van der Waals surface area (Å²) in [5.74, 6) is 3.16. The Balaban J connectivity index is 1.54. The Morgan fingerprint density at radius 2 is 0.927 bits per heavy atom. The van der Waals surface area contributed by atoms with E-state index in [-0.39, 0.29) is 23.8 Å². The van der Waals surface area contributed by atoms with Gasteiger partial charge < -0.3 is 18.9 Å². The molecule has 0 fully saturated rings. The second-order valence-electron chi connectivity index (χ2n) is 9.44. The van der Waals surface area contributed by atoms with Crippen LogP contribution in [0.25, 0.3) is 0 Å². The molecule has 0 amide bonds. The number of esters is 2. The molecular formula is C34H34O6S. The molecule has 0 heterocycles. The van der Waals surface area contributed by atoms with E-state index in [1.54, 1.807) is 11.8 Å². The van der Waals surface area contributed by atoms with Crippen molar-refractivity contribution in [3.05, 3.63) is 120 Å². The summed E-state index contributed by atoms with van der Waals surface area (Å²) in [4.78, 5) is 23.6. The SMILES string of the molecule is CC(=O)Oc1ccccc1C(COc1ccccc1)CSCC(COc1ccccc1)c1ccccc1OC(C)=O. The van der Waals surface area contributed by atoms with E-state index in [4.69, 9.17) is 18.9 Å². The minimum absolute atomic E-state index is 0.0600. The van der Waals surface area contributed by atoms with Gasteiger partial charge in [0.1, 0.15) is 23.0 Å². The first-order valence-electron chi connectivity index (χ1n) is 13.5. The molecule has 4 aromatic rings. The fraction of sp³-hybridized carbons (Fsp3) is 0.235. The first-order valence-corrected chi connectivity index (χ1v) is 14.6. The van der Waals surface area contributed by atoms with Crippen LogP contribution in [-0.4, -0.2) is 36.7 Å². The highest BCUT2D eigenvalue weighted by Crippen LogP contribution is 2.34. The number of hydrogen-bond donors (Lipinski definition) is 0. The van der Waals surface area contributed by atoms with Gasteiger partial charge in [-0.1, -0.05) is 72.8 Å². The number of hydrogen-bond acceptors (Lipinski definition) is 7. The Labute approximate surface area is 245 Å². The first kappa shape index (κ1) is 29.7. The fourth-order valence-corrected chi connectivity index (χ4v) is 5.62. The Kier molecular flexibility index (Phi) is 11.3. The Morgan fingerprint density at radius 1 is 0.561 bits per heavy atom. The lowest BCUT2D eigenvalue weighted by molar-refractivity contribution is -0.132. The van der Waals surface area contributed by atoms with Gasteiger partial charge in [0.05, 0.1) is 13.2 Å². The Hall–Kier alpha value is -4.23. The van der Waals surface area contributed by atoms with Crippen LogP contribution in [0.4, 0.5) is 0 Å². The van der Waals surface area contributed by atoms with E-state index >= 15 is 0 Å². The molecule has 41 heavy (non-hydrogen) atoms. The number of carbonyl (C=O) groups excluding carboxylic acids is 2. The summed E-state index contributed by atoms with van der Waals surface area (Å²) in [6.45, 7) is 3.62. The molecule has 0 saturated heterocycles. The highest BCUT2D eigenvalue weighted by atomic mass is 32.2. The molecule has 4 rings (SSSR count). The Morgan fingerprint density at radius 3 is 1.32 bits per heavy atom. The summed E-state index contributed by atoms with van der Waals surface area (Å²) >= 11 is 1.74. The van der Waals surface area contributed by atoms with Crippen LogP contribution in [0.5, 0.6) is 23.0 Å². The summed E-state index contributed by atoms with van der Waals surface area (Å²) in [5.41, 5.74) is 1.81. The zero-order valence-corrected chi connectivity index (χ0v) is 24.0. The zero-order valence-electron chi connectivity index (χ0n) is 23.2. The predicted molar refractivity (Wildman–Crippen MR) is 162 cm³/mol. The number of benzene rings is 4. The summed E-state index contributed by atoms with van der Waals surface area (Å²) in [7, 11) is 0. The molecule has 0 spiro atoms. The molecule has 0 radical (unpaired) electrons. The summed E-state index contributed by atoms with van der Waals surface area (Å²) in [6, 6.07) is 34.5. The van der Waals surface area contributed by atoms with Gasteiger partial charge in [-0.25, -0.2) is 0 Å². The number of rotatable bonds is 14. The lowest BCUT2D eigenvalue weighted by atomic mass is 10.0. The number of thioether (sulfide) groups is 1. The van der Waals surface area contributed by atoms with E-state index in [1.165, 1.54) is 13.8 Å². The van der Waals surface area contributed by atoms with Crippen LogP contribution >= 0.6 is 11.8 Å². The quantitative estimate of drug-likeness (QED) is 0.116. The van der Waals surface area contributed by atoms with Crippen LogP contribution in [0.3, 0.4) is 0 Å². The molecule has 2 unspecified atom stereocenters. The summed E-state index contributed by atoms with van der Waals surface area (Å²) < 4.78 is 23.4. The van der Waals surface area contributed by atoms with Crippen LogP contribution in [-0.2, 0) is 9.59 Å². The normalized spacial score (nSPS) is 12.1. The van der Waals surface area contributed by atoms with E-state index in [0.29, 0.717) is 36.2 Å². The molecule has 212 valence electrons. The molecule has 7 heteroatoms. The molecule has 6 nitrogen and oxygen atoms in total. The topological polar surface area (TPSA) is 71.1 Å². The minimum atomic E-state index is -0.368. The van der Waals surface area contributed by atoms with Crippen molar-refractivity contribution in [1.29, 1.82) is 0 Å². The third-order valence-corrected chi connectivity index (χ3v) is 7.53. The molecule has 2 atom stereocenters. The smallest absolute Gasteiger partial charge is 0.308 e. The van der Waals surface area contributed by atoms with Crippen molar-refractivity contribution in [2.45, 2.75) is 25.7 Å². The van der Waals surface area contributed by atoms with Gasteiger partial charge in [0, 0.05) is 48.3 Å². The van der Waals surface area contributed by atoms with Crippen molar-refractivity contribution in [3.8, 4) is 23.0 Å². The maximum atomic E-state index is 11.8. The van der Waals surface area contributed by atoms with Crippen molar-refractivity contribution in [3.63, 3.8) is 0 Å². The number of para-hydroxylation sites is 4. The molecule has 0 aliphatic carbocycles. The van der Waals surface area contributed by atoms with Crippen LogP contribution in [0.15, 0.2) is 109 Å². The fourth-order valence-electron chi connectivity index (χ4n) is 4.37. The third-order valence-electron chi connectivity index (χ3n) is 6.25. The second kappa shape index (κ2) is 15.5. The van der Waals surface area contributed by atoms with E-state index in [1.807, 2.05) is 109 Å². The van der Waals surface area contributed by atoms with Crippen molar-refractivity contribution < 1.29 is 28.5 Å². The van der Waals surface area contributed by atoms with Crippen molar-refractivity contribution in [2.24, 2.45) is 0 Å². The largest absolute Gasteiger partial charge is 0.493 e. The summed E-state index contributed by atoms with van der Waals surface area (Å²) in [5, 5.41) is 0. The van der Waals surface area contributed by atoms with Crippen molar-refractivity contribution >= 4 is 23.7 Å². The molecule has 4 aromatic carbocycles. The van der Waals surface area contributed by atoms with E-state index < -0.39 is 0 Å². The van der Waals surface area contributed by atoms with Gasteiger partial charge in [-0.05, 0) is 36.4 Å². The molecule has 0 saturated carbocycles. The average Bonchev–Trinajstić information content (AvgIpc) is 2.98.